The van der Waals surface area contributed by atoms with Crippen molar-refractivity contribution in [2.24, 2.45) is 0 Å². The van der Waals surface area contributed by atoms with Gasteiger partial charge in [0.05, 0.1) is 0 Å². The van der Waals surface area contributed by atoms with Crippen LogP contribution >= 0.6 is 0 Å². The van der Waals surface area contributed by atoms with Gasteiger partial charge in [-0.05, 0) is 6.54 Å². The lowest BCUT2D eigenvalue weighted by molar-refractivity contribution is -0.173. The molecule has 0 radical (unpaired) electrons. The predicted octanol–water partition coefficient (Wildman–Crippen LogP) is 0.717. The van der Waals surface area contributed by atoms with Crippen LogP contribution in [0.5, 0.6) is 0 Å². The van der Waals surface area contributed by atoms with Crippen molar-refractivity contribution in [1.82, 2.24) is 5.32 Å². The molecule has 3 nitrogen and oxygen atoms in total. The van der Waals surface area contributed by atoms with Crippen LogP contribution in [0.1, 0.15) is 0 Å². The van der Waals surface area contributed by atoms with Crippen LogP contribution < -0.4 is 5.32 Å². The number of hydrogen-bond acceptors (Lipinski definition) is 1. The number of carbonyl (C=O) groups excluding carboxylic acids is 1. The van der Waals surface area contributed by atoms with Crippen LogP contribution in [0.3, 0.4) is 0 Å². The van der Waals surface area contributed by atoms with Gasteiger partial charge >= 0.3 is 12.1 Å². The first kappa shape index (κ1) is 9.22. The Bertz CT molecular complexity index is 122. The highest BCUT2D eigenvalue weighted by molar-refractivity contribution is 5.81. The van der Waals surface area contributed by atoms with E-state index in [1.165, 1.54) is 5.32 Å². The molecule has 0 atom stereocenters. The van der Waals surface area contributed by atoms with Gasteiger partial charge < -0.3 is 11.1 Å². The van der Waals surface area contributed by atoms with Gasteiger partial charge in [0.2, 0.25) is 0 Å². The summed E-state index contributed by atoms with van der Waals surface area (Å²) in [6.07, 6.45) is -4.82. The summed E-state index contributed by atoms with van der Waals surface area (Å²) >= 11 is 0. The topological polar surface area (TPSA) is 52.9 Å². The highest BCUT2D eigenvalue weighted by Crippen LogP contribution is 2.13. The first-order valence-corrected chi connectivity index (χ1v) is 2.48. The number of carbonyl (C=O) groups is 1. The van der Waals surface area contributed by atoms with Crippen molar-refractivity contribution in [3.8, 4) is 0 Å². The summed E-state index contributed by atoms with van der Waals surface area (Å²) in [5, 5.41) is 1.52. The largest absolute Gasteiger partial charge is 0.676 e. The van der Waals surface area contributed by atoms with Crippen molar-refractivity contribution in [1.29, 1.82) is 0 Å². The van der Waals surface area contributed by atoms with Crippen LogP contribution in [0.25, 0.3) is 5.73 Å². The smallest absolute Gasteiger partial charge is 0.471 e. The fourth-order valence-corrected chi connectivity index (χ4v) is 0.276. The number of nitrogens with one attached hydrogen (secondary N) is 2. The molecule has 60 valence electrons. The lowest BCUT2D eigenvalue weighted by Crippen LogP contribution is -2.37. The Balaban J connectivity index is 3.64. The van der Waals surface area contributed by atoms with E-state index in [1.54, 1.807) is 0 Å². The molecule has 0 aliphatic rings. The Kier molecular flexibility index (Phi) is 3.14. The van der Waals surface area contributed by atoms with Gasteiger partial charge in [-0.3, -0.25) is 4.79 Å². The number of rotatable bonds is 2. The fourth-order valence-electron chi connectivity index (χ4n) is 0.276. The molecule has 0 fully saturated rings. The van der Waals surface area contributed by atoms with Crippen LogP contribution in [-0.2, 0) is 4.79 Å². The van der Waals surface area contributed by atoms with Crippen molar-refractivity contribution in [2.45, 2.75) is 6.18 Å². The zero-order valence-electron chi connectivity index (χ0n) is 4.96. The Hall–Kier alpha value is -0.780. The van der Waals surface area contributed by atoms with E-state index in [4.69, 9.17) is 5.73 Å². The first-order chi connectivity index (χ1) is 4.48. The number of alkyl halides is 3. The van der Waals surface area contributed by atoms with E-state index in [0.29, 0.717) is 0 Å². The Morgan fingerprint density at radius 2 is 2.00 bits per heavy atom. The van der Waals surface area contributed by atoms with Gasteiger partial charge in [-0.25, -0.2) is 0 Å². The predicted molar refractivity (Wildman–Crippen MR) is 28.3 cm³/mol. The molecule has 0 aromatic rings. The zero-order valence-corrected chi connectivity index (χ0v) is 4.96. The molecule has 0 aromatic heterocycles. The van der Waals surface area contributed by atoms with Gasteiger partial charge in [0.25, 0.3) is 0 Å². The Labute approximate surface area is 55.4 Å². The molecule has 0 bridgehead atoms. The SMILES string of the molecule is [NH-]CCNC(=O)C(F)(F)F. The maximum Gasteiger partial charge on any atom is 0.471 e. The summed E-state index contributed by atoms with van der Waals surface area (Å²) in [6.45, 7) is -0.514. The zero-order chi connectivity index (χ0) is 8.20. The lowest BCUT2D eigenvalue weighted by atomic mass is 10.5. The van der Waals surface area contributed by atoms with Crippen LogP contribution in [0.15, 0.2) is 0 Å². The van der Waals surface area contributed by atoms with E-state index in [0.717, 1.165) is 0 Å². The van der Waals surface area contributed by atoms with Crippen molar-refractivity contribution < 1.29 is 18.0 Å². The van der Waals surface area contributed by atoms with Gasteiger partial charge in [0, 0.05) is 0 Å². The molecular formula is C4H6F3N2O-. The molecule has 0 unspecified atom stereocenters. The Morgan fingerprint density at radius 1 is 1.50 bits per heavy atom. The summed E-state index contributed by atoms with van der Waals surface area (Å²) in [7, 11) is 0. The van der Waals surface area contributed by atoms with Crippen LogP contribution in [0.4, 0.5) is 13.2 Å². The lowest BCUT2D eigenvalue weighted by Gasteiger charge is -2.07. The molecule has 6 heteroatoms. The molecule has 10 heavy (non-hydrogen) atoms. The van der Waals surface area contributed by atoms with Gasteiger partial charge in [-0.2, -0.15) is 13.2 Å². The summed E-state index contributed by atoms with van der Waals surface area (Å²) in [5.41, 5.74) is 6.42. The molecule has 0 aliphatic carbocycles. The summed E-state index contributed by atoms with van der Waals surface area (Å²) in [4.78, 5) is 9.90. The normalized spacial score (nSPS) is 11.2. The molecule has 0 heterocycles. The molecule has 0 rings (SSSR count). The molecule has 1 amide bonds. The minimum absolute atomic E-state index is 0.248. The molecule has 0 spiro atoms. The third-order valence-corrected chi connectivity index (χ3v) is 0.668. The fraction of sp³-hybridized carbons (Fsp3) is 0.750. The number of amides is 1. The highest BCUT2D eigenvalue weighted by Gasteiger charge is 2.37. The second-order valence-corrected chi connectivity index (χ2v) is 1.50. The number of hydrogen-bond donors (Lipinski definition) is 1. The van der Waals surface area contributed by atoms with Gasteiger partial charge in [0.1, 0.15) is 0 Å². The molecule has 2 N–H and O–H groups in total. The highest BCUT2D eigenvalue weighted by atomic mass is 19.4. The summed E-state index contributed by atoms with van der Waals surface area (Å²) in [5.74, 6) is -1.99. The third kappa shape index (κ3) is 3.29. The van der Waals surface area contributed by atoms with Crippen molar-refractivity contribution >= 4 is 5.91 Å². The van der Waals surface area contributed by atoms with Gasteiger partial charge in [-0.1, -0.05) is 0 Å². The van der Waals surface area contributed by atoms with Gasteiger partial charge in [-0.15, -0.1) is 6.54 Å². The van der Waals surface area contributed by atoms with E-state index < -0.39 is 12.1 Å². The maximum atomic E-state index is 11.3. The molecule has 0 aliphatic heterocycles. The quantitative estimate of drug-likeness (QED) is 0.627. The third-order valence-electron chi connectivity index (χ3n) is 0.668. The van der Waals surface area contributed by atoms with Crippen LogP contribution in [0.2, 0.25) is 0 Å². The second-order valence-electron chi connectivity index (χ2n) is 1.50. The molecule has 0 saturated heterocycles. The monoisotopic (exact) mass is 155 g/mol. The van der Waals surface area contributed by atoms with E-state index >= 15 is 0 Å². The average molecular weight is 155 g/mol. The van der Waals surface area contributed by atoms with Crippen molar-refractivity contribution in [3.05, 3.63) is 5.73 Å². The molecule has 0 saturated carbocycles. The first-order valence-electron chi connectivity index (χ1n) is 2.48. The van der Waals surface area contributed by atoms with E-state index in [-0.39, 0.29) is 13.1 Å². The number of halogens is 3. The standard InChI is InChI=1S/C4H6F3N2O/c5-4(6,7)3(10)9-2-1-8/h8H,1-2H2,(H,9,10)/q-1. The average Bonchev–Trinajstić information content (AvgIpc) is 1.80. The van der Waals surface area contributed by atoms with E-state index in [9.17, 15) is 18.0 Å². The minimum Gasteiger partial charge on any atom is -0.676 e. The molecule has 0 aromatic carbocycles. The molecular weight excluding hydrogens is 149 g/mol. The van der Waals surface area contributed by atoms with E-state index in [2.05, 4.69) is 0 Å². The minimum atomic E-state index is -4.82. The Morgan fingerprint density at radius 3 is 2.30 bits per heavy atom. The van der Waals surface area contributed by atoms with E-state index in [1.807, 2.05) is 0 Å². The summed E-state index contributed by atoms with van der Waals surface area (Å²) < 4.78 is 33.9. The van der Waals surface area contributed by atoms with Crippen LogP contribution in [0, 0.1) is 0 Å². The summed E-state index contributed by atoms with van der Waals surface area (Å²) in [6, 6.07) is 0. The van der Waals surface area contributed by atoms with Crippen molar-refractivity contribution in [2.75, 3.05) is 13.1 Å². The maximum absolute atomic E-state index is 11.3. The van der Waals surface area contributed by atoms with Crippen molar-refractivity contribution in [3.63, 3.8) is 0 Å². The van der Waals surface area contributed by atoms with Crippen LogP contribution in [-0.4, -0.2) is 25.2 Å². The van der Waals surface area contributed by atoms with Gasteiger partial charge in [0.15, 0.2) is 0 Å². The second kappa shape index (κ2) is 3.40.